The van der Waals surface area contributed by atoms with Gasteiger partial charge in [-0.2, -0.15) is 4.72 Å². The van der Waals surface area contributed by atoms with E-state index in [1.807, 2.05) is 0 Å². The first kappa shape index (κ1) is 19.5. The molecule has 2 aromatic rings. The van der Waals surface area contributed by atoms with Crippen LogP contribution in [0, 0.1) is 11.8 Å². The lowest BCUT2D eigenvalue weighted by Crippen LogP contribution is -2.39. The van der Waals surface area contributed by atoms with Crippen LogP contribution in [-0.4, -0.2) is 26.1 Å². The van der Waals surface area contributed by atoms with Gasteiger partial charge in [-0.05, 0) is 36.8 Å². The highest BCUT2D eigenvalue weighted by Crippen LogP contribution is 2.20. The highest BCUT2D eigenvalue weighted by molar-refractivity contribution is 7.89. The number of hydrogen-bond donors (Lipinski definition) is 3. The number of sulfonamides is 1. The minimum Gasteiger partial charge on any atom is -0.481 e. The van der Waals surface area contributed by atoms with Gasteiger partial charge in [0.15, 0.2) is 0 Å². The van der Waals surface area contributed by atoms with Crippen molar-refractivity contribution >= 4 is 15.9 Å². The van der Waals surface area contributed by atoms with Crippen molar-refractivity contribution < 1.29 is 23.2 Å². The maximum Gasteiger partial charge on any atom is 0.266 e. The second-order valence-electron chi connectivity index (χ2n) is 5.13. The van der Waals surface area contributed by atoms with Crippen molar-refractivity contribution in [1.29, 1.82) is 0 Å². The average molecular weight is 374 g/mol. The van der Waals surface area contributed by atoms with Crippen molar-refractivity contribution in [2.75, 3.05) is 6.61 Å². The van der Waals surface area contributed by atoms with Gasteiger partial charge in [-0.1, -0.05) is 36.3 Å². The Balaban J connectivity index is 2.21. The highest BCUT2D eigenvalue weighted by atomic mass is 32.2. The van der Waals surface area contributed by atoms with Crippen LogP contribution in [0.1, 0.15) is 18.5 Å². The van der Waals surface area contributed by atoms with Gasteiger partial charge in [-0.3, -0.25) is 10.0 Å². The smallest absolute Gasteiger partial charge is 0.266 e. The lowest BCUT2D eigenvalue weighted by atomic mass is 10.1. The number of ether oxygens (including phenoxy) is 1. The molecular formula is C18H18N2O5S. The number of carbonyl (C=O) groups is 1. The third kappa shape index (κ3) is 5.07. The molecule has 0 aromatic heterocycles. The zero-order chi connectivity index (χ0) is 19.0. The number of carbonyl (C=O) groups excluding carboxylic acids is 1. The second kappa shape index (κ2) is 9.01. The Bertz CT molecular complexity index is 900. The van der Waals surface area contributed by atoms with Crippen LogP contribution in [0.3, 0.4) is 0 Å². The van der Waals surface area contributed by atoms with E-state index in [1.165, 1.54) is 29.7 Å². The predicted molar refractivity (Wildman–Crippen MR) is 94.8 cm³/mol. The molecule has 0 bridgehead atoms. The van der Waals surface area contributed by atoms with Gasteiger partial charge >= 0.3 is 0 Å². The number of hydrogen-bond acceptors (Lipinski definition) is 5. The SMILES string of the molecule is CC#CCOc1ccc(S(=O)(=O)NC(C(=O)NO)c2ccccc2)cc1. The molecule has 0 saturated carbocycles. The Morgan fingerprint density at radius 1 is 1.15 bits per heavy atom. The van der Waals surface area contributed by atoms with Crippen molar-refractivity contribution in [1.82, 2.24) is 10.2 Å². The lowest BCUT2D eigenvalue weighted by molar-refractivity contribution is -0.131. The molecule has 0 fully saturated rings. The third-order valence-electron chi connectivity index (χ3n) is 3.40. The summed E-state index contributed by atoms with van der Waals surface area (Å²) >= 11 is 0. The number of rotatable bonds is 7. The molecule has 0 radical (unpaired) electrons. The number of benzene rings is 2. The summed E-state index contributed by atoms with van der Waals surface area (Å²) in [6.07, 6.45) is 0. The molecule has 1 atom stereocenters. The van der Waals surface area contributed by atoms with E-state index in [0.717, 1.165) is 0 Å². The molecule has 8 heteroatoms. The van der Waals surface area contributed by atoms with Crippen molar-refractivity contribution in [2.24, 2.45) is 0 Å². The van der Waals surface area contributed by atoms with Crippen molar-refractivity contribution in [3.05, 3.63) is 60.2 Å². The molecule has 2 aromatic carbocycles. The van der Waals surface area contributed by atoms with Crippen LogP contribution in [0.4, 0.5) is 0 Å². The lowest BCUT2D eigenvalue weighted by Gasteiger charge is -2.17. The topological polar surface area (TPSA) is 105 Å². The van der Waals surface area contributed by atoms with Gasteiger partial charge in [0.2, 0.25) is 10.0 Å². The Morgan fingerprint density at radius 3 is 2.38 bits per heavy atom. The van der Waals surface area contributed by atoms with Gasteiger partial charge in [0, 0.05) is 0 Å². The van der Waals surface area contributed by atoms with E-state index in [4.69, 9.17) is 9.94 Å². The summed E-state index contributed by atoms with van der Waals surface area (Å²) in [6, 6.07) is 12.6. The normalized spacial score (nSPS) is 11.8. The van der Waals surface area contributed by atoms with Crippen LogP contribution >= 0.6 is 0 Å². The molecule has 136 valence electrons. The largest absolute Gasteiger partial charge is 0.481 e. The number of amides is 1. The van der Waals surface area contributed by atoms with Crippen molar-refractivity contribution in [2.45, 2.75) is 17.9 Å². The molecule has 0 aliphatic carbocycles. The van der Waals surface area contributed by atoms with E-state index < -0.39 is 22.0 Å². The standard InChI is InChI=1S/C18H18N2O5S/c1-2-3-13-25-15-9-11-16(12-10-15)26(23,24)20-17(18(21)19-22)14-7-5-4-6-8-14/h4-12,17,20,22H,13H2,1H3,(H,19,21). The molecule has 7 nitrogen and oxygen atoms in total. The number of nitrogens with one attached hydrogen (secondary N) is 2. The van der Waals surface area contributed by atoms with Crippen LogP contribution in [0.2, 0.25) is 0 Å². The van der Waals surface area contributed by atoms with Crippen LogP contribution in [0.15, 0.2) is 59.5 Å². The fourth-order valence-electron chi connectivity index (χ4n) is 2.11. The Kier molecular flexibility index (Phi) is 6.74. The summed E-state index contributed by atoms with van der Waals surface area (Å²) < 4.78 is 32.8. The van der Waals surface area contributed by atoms with Gasteiger partial charge in [-0.15, -0.1) is 5.92 Å². The molecule has 0 aliphatic heterocycles. The zero-order valence-corrected chi connectivity index (χ0v) is 14.8. The van der Waals surface area contributed by atoms with Crippen molar-refractivity contribution in [3.8, 4) is 17.6 Å². The molecule has 0 heterocycles. The van der Waals surface area contributed by atoms with Crippen LogP contribution < -0.4 is 14.9 Å². The summed E-state index contributed by atoms with van der Waals surface area (Å²) in [5.74, 6) is 5.00. The first-order chi connectivity index (χ1) is 12.5. The van der Waals surface area contributed by atoms with Crippen molar-refractivity contribution in [3.63, 3.8) is 0 Å². The molecular weight excluding hydrogens is 356 g/mol. The monoisotopic (exact) mass is 374 g/mol. The second-order valence-corrected chi connectivity index (χ2v) is 6.84. The van der Waals surface area contributed by atoms with Gasteiger partial charge in [0.1, 0.15) is 18.4 Å². The van der Waals surface area contributed by atoms with E-state index in [0.29, 0.717) is 11.3 Å². The van der Waals surface area contributed by atoms with E-state index in [1.54, 1.807) is 37.3 Å². The van der Waals surface area contributed by atoms with Crippen LogP contribution in [0.5, 0.6) is 5.75 Å². The summed E-state index contributed by atoms with van der Waals surface area (Å²) in [6.45, 7) is 1.89. The first-order valence-corrected chi connectivity index (χ1v) is 9.10. The molecule has 1 amide bonds. The fraction of sp³-hybridized carbons (Fsp3) is 0.167. The third-order valence-corrected chi connectivity index (χ3v) is 4.84. The summed E-state index contributed by atoms with van der Waals surface area (Å²) in [4.78, 5) is 11.9. The van der Waals surface area contributed by atoms with Crippen LogP contribution in [-0.2, 0) is 14.8 Å². The highest BCUT2D eigenvalue weighted by Gasteiger charge is 2.27. The predicted octanol–water partition coefficient (Wildman–Crippen LogP) is 1.61. The molecule has 2 rings (SSSR count). The average Bonchev–Trinajstić information content (AvgIpc) is 2.67. The fourth-order valence-corrected chi connectivity index (χ4v) is 3.30. The van der Waals surface area contributed by atoms with Gasteiger partial charge in [-0.25, -0.2) is 13.9 Å². The zero-order valence-electron chi connectivity index (χ0n) is 14.0. The summed E-state index contributed by atoms with van der Waals surface area (Å²) in [5, 5.41) is 8.91. The Hall–Kier alpha value is -2.86. The minimum atomic E-state index is -4.01. The molecule has 0 spiro atoms. The maximum absolute atomic E-state index is 12.6. The van der Waals surface area contributed by atoms with Gasteiger partial charge in [0.25, 0.3) is 5.91 Å². The van der Waals surface area contributed by atoms with E-state index >= 15 is 0 Å². The Morgan fingerprint density at radius 2 is 1.81 bits per heavy atom. The molecule has 26 heavy (non-hydrogen) atoms. The number of hydroxylamine groups is 1. The molecule has 1 unspecified atom stereocenters. The maximum atomic E-state index is 12.6. The molecule has 0 saturated heterocycles. The van der Waals surface area contributed by atoms with E-state index in [9.17, 15) is 13.2 Å². The summed E-state index contributed by atoms with van der Waals surface area (Å²) in [5.41, 5.74) is 1.87. The summed E-state index contributed by atoms with van der Waals surface area (Å²) in [7, 11) is -4.01. The van der Waals surface area contributed by atoms with Gasteiger partial charge < -0.3 is 4.74 Å². The van der Waals surface area contributed by atoms with E-state index in [2.05, 4.69) is 16.6 Å². The minimum absolute atomic E-state index is 0.0434. The Labute approximate surface area is 152 Å². The molecule has 0 aliphatic rings. The van der Waals surface area contributed by atoms with Crippen LogP contribution in [0.25, 0.3) is 0 Å². The first-order valence-electron chi connectivity index (χ1n) is 7.61. The van der Waals surface area contributed by atoms with E-state index in [-0.39, 0.29) is 11.5 Å². The molecule has 3 N–H and O–H groups in total. The van der Waals surface area contributed by atoms with Gasteiger partial charge in [0.05, 0.1) is 4.90 Å². The quantitative estimate of drug-likeness (QED) is 0.388.